The van der Waals surface area contributed by atoms with E-state index in [0.29, 0.717) is 10.5 Å². The van der Waals surface area contributed by atoms with E-state index in [4.69, 9.17) is 9.47 Å². The highest BCUT2D eigenvalue weighted by Gasteiger charge is 2.43. The highest BCUT2D eigenvalue weighted by Crippen LogP contribution is 2.34. The molecule has 0 unspecified atom stereocenters. The fourth-order valence-corrected chi connectivity index (χ4v) is 3.12. The first kappa shape index (κ1) is 26.7. The maximum Gasteiger partial charge on any atom is 0.471 e. The predicted octanol–water partition coefficient (Wildman–Crippen LogP) is 2.49. The van der Waals surface area contributed by atoms with Crippen LogP contribution in [0.5, 0.6) is 5.75 Å². The van der Waals surface area contributed by atoms with Crippen molar-refractivity contribution in [2.45, 2.75) is 51.6 Å². The predicted molar refractivity (Wildman–Crippen MR) is 109 cm³/mol. The van der Waals surface area contributed by atoms with Crippen LogP contribution in [0.2, 0.25) is 0 Å². The molecule has 2 rings (SSSR count). The quantitative estimate of drug-likeness (QED) is 0.364. The summed E-state index contributed by atoms with van der Waals surface area (Å²) in [4.78, 5) is 46.8. The summed E-state index contributed by atoms with van der Waals surface area (Å²) in [7, 11) is 1.07. The fraction of sp³-hybridized carbons (Fsp3) is 0.550. The van der Waals surface area contributed by atoms with E-state index in [9.17, 15) is 37.7 Å². The highest BCUT2D eigenvalue weighted by atomic mass is 19.4. The molecule has 1 heterocycles. The lowest BCUT2D eigenvalue weighted by atomic mass is 9.98. The molecule has 14 heteroatoms. The second kappa shape index (κ2) is 10.1. The van der Waals surface area contributed by atoms with Gasteiger partial charge in [0, 0.05) is 19.2 Å². The monoisotopic (exact) mass is 491 g/mol. The van der Waals surface area contributed by atoms with Crippen molar-refractivity contribution in [3.05, 3.63) is 33.4 Å². The molecule has 0 saturated heterocycles. The van der Waals surface area contributed by atoms with Crippen LogP contribution in [0.25, 0.3) is 0 Å². The number of fused-ring (bicyclic) bond motifs is 1. The molecule has 1 aromatic rings. The minimum atomic E-state index is -5.06. The standard InChI is InChI=1S/C20H24F3N3O8/c1-19(2,3)34-18(29)24-13(16(27)32-4)10-33-15-8-11-5-6-25(17(28)20(21,22)23)9-12(11)7-14(15)26(30)31/h7-8,13H,5-6,9-10H2,1-4H3,(H,24,29)/t13-/m0/s1. The number of halogens is 3. The molecule has 0 radical (unpaired) electrons. The number of alkyl halides is 3. The van der Waals surface area contributed by atoms with Crippen molar-refractivity contribution >= 4 is 23.7 Å². The molecule has 0 saturated carbocycles. The van der Waals surface area contributed by atoms with E-state index < -0.39 is 59.6 Å². The summed E-state index contributed by atoms with van der Waals surface area (Å²) >= 11 is 0. The van der Waals surface area contributed by atoms with Gasteiger partial charge in [0.15, 0.2) is 11.8 Å². The second-order valence-corrected chi connectivity index (χ2v) is 8.35. The molecule has 0 bridgehead atoms. The summed E-state index contributed by atoms with van der Waals surface area (Å²) < 4.78 is 53.3. The summed E-state index contributed by atoms with van der Waals surface area (Å²) in [6.45, 7) is 3.57. The van der Waals surface area contributed by atoms with E-state index in [-0.39, 0.29) is 24.3 Å². The van der Waals surface area contributed by atoms with E-state index in [1.165, 1.54) is 6.07 Å². The summed E-state index contributed by atoms with van der Waals surface area (Å²) in [6, 6.07) is 0.926. The molecular weight excluding hydrogens is 467 g/mol. The SMILES string of the molecule is COC(=O)[C@H](COc1cc2c(cc1[N+](=O)[O-])CN(C(=O)C(F)(F)F)CC2)NC(=O)OC(C)(C)C. The number of rotatable bonds is 6. The van der Waals surface area contributed by atoms with Gasteiger partial charge in [0.05, 0.1) is 12.0 Å². The number of nitro groups is 1. The van der Waals surface area contributed by atoms with Gasteiger partial charge in [-0.25, -0.2) is 9.59 Å². The second-order valence-electron chi connectivity index (χ2n) is 8.35. The number of benzene rings is 1. The molecule has 1 atom stereocenters. The maximum atomic E-state index is 12.7. The molecule has 34 heavy (non-hydrogen) atoms. The van der Waals surface area contributed by atoms with E-state index in [0.717, 1.165) is 13.2 Å². The topological polar surface area (TPSA) is 137 Å². The van der Waals surface area contributed by atoms with Gasteiger partial charge in [-0.15, -0.1) is 0 Å². The van der Waals surface area contributed by atoms with Crippen molar-refractivity contribution in [1.82, 2.24) is 10.2 Å². The lowest BCUT2D eigenvalue weighted by molar-refractivity contribution is -0.386. The van der Waals surface area contributed by atoms with Crippen molar-refractivity contribution < 1.29 is 46.7 Å². The Morgan fingerprint density at radius 2 is 1.85 bits per heavy atom. The molecule has 188 valence electrons. The number of carbonyl (C=O) groups excluding carboxylic acids is 3. The molecule has 0 fully saturated rings. The van der Waals surface area contributed by atoms with Crippen LogP contribution in [0.3, 0.4) is 0 Å². The average molecular weight is 491 g/mol. The molecule has 0 aromatic heterocycles. The van der Waals surface area contributed by atoms with Gasteiger partial charge in [0.2, 0.25) is 0 Å². The Kier molecular flexibility index (Phi) is 7.95. The fourth-order valence-electron chi connectivity index (χ4n) is 3.12. The van der Waals surface area contributed by atoms with Crippen LogP contribution in [0.1, 0.15) is 31.9 Å². The number of nitrogens with zero attached hydrogens (tertiary/aromatic N) is 2. The molecule has 11 nitrogen and oxygen atoms in total. The number of amides is 2. The Hall–Kier alpha value is -3.58. The van der Waals surface area contributed by atoms with E-state index >= 15 is 0 Å². The van der Waals surface area contributed by atoms with Crippen LogP contribution in [-0.2, 0) is 32.0 Å². The number of alkyl carbamates (subject to hydrolysis) is 1. The third-order valence-corrected chi connectivity index (χ3v) is 4.60. The molecule has 1 aliphatic rings. The Morgan fingerprint density at radius 3 is 2.38 bits per heavy atom. The number of nitro benzene ring substituents is 1. The van der Waals surface area contributed by atoms with Gasteiger partial charge in [0.1, 0.15) is 12.2 Å². The van der Waals surface area contributed by atoms with Crippen LogP contribution in [0.4, 0.5) is 23.7 Å². The zero-order valence-electron chi connectivity index (χ0n) is 18.9. The van der Waals surface area contributed by atoms with Crippen molar-refractivity contribution in [3.8, 4) is 5.75 Å². The Balaban J connectivity index is 2.23. The normalized spacial score (nSPS) is 14.5. The molecule has 0 aliphatic carbocycles. The maximum absolute atomic E-state index is 12.7. The lowest BCUT2D eigenvalue weighted by Gasteiger charge is -2.29. The molecule has 2 amide bonds. The summed E-state index contributed by atoms with van der Waals surface area (Å²) in [6.07, 6.45) is -6.00. The third kappa shape index (κ3) is 6.96. The van der Waals surface area contributed by atoms with Gasteiger partial charge < -0.3 is 24.4 Å². The van der Waals surface area contributed by atoms with Gasteiger partial charge in [-0.2, -0.15) is 13.2 Å². The van der Waals surface area contributed by atoms with Crippen molar-refractivity contribution in [1.29, 1.82) is 0 Å². The van der Waals surface area contributed by atoms with Crippen molar-refractivity contribution in [2.24, 2.45) is 0 Å². The number of ether oxygens (including phenoxy) is 3. The third-order valence-electron chi connectivity index (χ3n) is 4.60. The smallest absolute Gasteiger partial charge is 0.471 e. The van der Waals surface area contributed by atoms with Crippen LogP contribution in [0.15, 0.2) is 12.1 Å². The Bertz CT molecular complexity index is 975. The van der Waals surface area contributed by atoms with Gasteiger partial charge in [-0.1, -0.05) is 0 Å². The molecule has 1 N–H and O–H groups in total. The van der Waals surface area contributed by atoms with E-state index in [1.54, 1.807) is 20.8 Å². The summed E-state index contributed by atoms with van der Waals surface area (Å²) in [5, 5.41) is 13.8. The zero-order chi connectivity index (χ0) is 25.8. The molecule has 0 spiro atoms. The van der Waals surface area contributed by atoms with Gasteiger partial charge in [-0.3, -0.25) is 14.9 Å². The minimum absolute atomic E-state index is 0.00208. The van der Waals surface area contributed by atoms with Gasteiger partial charge in [0.25, 0.3) is 0 Å². The number of hydrogen-bond acceptors (Lipinski definition) is 8. The Morgan fingerprint density at radius 1 is 1.21 bits per heavy atom. The average Bonchev–Trinajstić information content (AvgIpc) is 2.72. The van der Waals surface area contributed by atoms with Crippen molar-refractivity contribution in [3.63, 3.8) is 0 Å². The molecule has 1 aromatic carbocycles. The number of hydrogen-bond donors (Lipinski definition) is 1. The molecule has 1 aliphatic heterocycles. The zero-order valence-corrected chi connectivity index (χ0v) is 18.9. The van der Waals surface area contributed by atoms with Crippen LogP contribution < -0.4 is 10.1 Å². The first-order valence-electron chi connectivity index (χ1n) is 9.98. The first-order valence-corrected chi connectivity index (χ1v) is 9.98. The van der Waals surface area contributed by atoms with Crippen molar-refractivity contribution in [2.75, 3.05) is 20.3 Å². The van der Waals surface area contributed by atoms with Crippen LogP contribution >= 0.6 is 0 Å². The van der Waals surface area contributed by atoms with Crippen LogP contribution in [0, 0.1) is 10.1 Å². The van der Waals surface area contributed by atoms with Gasteiger partial charge >= 0.3 is 29.8 Å². The number of carbonyl (C=O) groups is 3. The summed E-state index contributed by atoms with van der Waals surface area (Å²) in [5.74, 6) is -3.19. The van der Waals surface area contributed by atoms with E-state index in [2.05, 4.69) is 10.1 Å². The number of nitrogens with one attached hydrogen (secondary N) is 1. The van der Waals surface area contributed by atoms with E-state index in [1.807, 2.05) is 0 Å². The lowest BCUT2D eigenvalue weighted by Crippen LogP contribution is -2.47. The van der Waals surface area contributed by atoms with Gasteiger partial charge in [-0.05, 0) is 44.4 Å². The Labute approximate surface area is 192 Å². The largest absolute Gasteiger partial charge is 0.484 e. The number of methoxy groups -OCH3 is 1. The highest BCUT2D eigenvalue weighted by molar-refractivity contribution is 5.82. The molecular formula is C20H24F3N3O8. The minimum Gasteiger partial charge on any atom is -0.484 e. The first-order chi connectivity index (χ1) is 15.6. The summed E-state index contributed by atoms with van der Waals surface area (Å²) in [5.41, 5.74) is -0.827. The number of esters is 1. The van der Waals surface area contributed by atoms with Crippen LogP contribution in [-0.4, -0.2) is 65.9 Å².